The molecule has 2 heteroatoms. The third-order valence-corrected chi connectivity index (χ3v) is 12.5. The smallest absolute Gasteiger partial charge is 0.0642 e. The van der Waals surface area contributed by atoms with Crippen LogP contribution in [0.4, 0.5) is 0 Å². The van der Waals surface area contributed by atoms with Crippen molar-refractivity contribution in [3.8, 4) is 0 Å². The van der Waals surface area contributed by atoms with Gasteiger partial charge in [-0.05, 0) is 84.9 Å². The number of aliphatic hydroxyl groups is 2. The lowest BCUT2D eigenvalue weighted by atomic mass is 9.35. The van der Waals surface area contributed by atoms with Crippen molar-refractivity contribution in [1.29, 1.82) is 0 Å². The van der Waals surface area contributed by atoms with E-state index in [4.69, 9.17) is 0 Å². The summed E-state index contributed by atoms with van der Waals surface area (Å²) in [6, 6.07) is 0. The van der Waals surface area contributed by atoms with Crippen LogP contribution in [-0.2, 0) is 0 Å². The Kier molecular flexibility index (Phi) is 4.73. The van der Waals surface area contributed by atoms with Gasteiger partial charge >= 0.3 is 0 Å². The summed E-state index contributed by atoms with van der Waals surface area (Å²) < 4.78 is 0. The minimum atomic E-state index is -0.356. The van der Waals surface area contributed by atoms with E-state index in [9.17, 15) is 10.2 Å². The van der Waals surface area contributed by atoms with Gasteiger partial charge in [0.25, 0.3) is 0 Å². The van der Waals surface area contributed by atoms with Gasteiger partial charge in [0.15, 0.2) is 0 Å². The molecule has 32 heavy (non-hydrogen) atoms. The summed E-state index contributed by atoms with van der Waals surface area (Å²) in [6.45, 7) is 19.3. The Morgan fingerprint density at radius 1 is 0.781 bits per heavy atom. The molecular weight excluding hydrogens is 392 g/mol. The van der Waals surface area contributed by atoms with E-state index >= 15 is 0 Å². The fraction of sp³-hybridized carbons (Fsp3) is 0.867. The summed E-state index contributed by atoms with van der Waals surface area (Å²) >= 11 is 0. The van der Waals surface area contributed by atoms with Crippen LogP contribution in [0.2, 0.25) is 0 Å². The Morgan fingerprint density at radius 3 is 2.12 bits per heavy atom. The zero-order chi connectivity index (χ0) is 23.5. The number of fused-ring (bicyclic) bond motifs is 7. The van der Waals surface area contributed by atoms with E-state index in [1.165, 1.54) is 37.7 Å². The summed E-state index contributed by atoms with van der Waals surface area (Å²) in [4.78, 5) is 0. The molecular formula is C30H48O2. The molecule has 4 saturated carbocycles. The van der Waals surface area contributed by atoms with E-state index < -0.39 is 0 Å². The monoisotopic (exact) mass is 440 g/mol. The molecule has 0 amide bonds. The summed E-state index contributed by atoms with van der Waals surface area (Å²) in [6.07, 6.45) is 13.5. The van der Waals surface area contributed by atoms with E-state index in [1.807, 2.05) is 0 Å². The third-order valence-electron chi connectivity index (χ3n) is 12.5. The predicted octanol–water partition coefficient (Wildman–Crippen LogP) is 7.06. The van der Waals surface area contributed by atoms with Crippen molar-refractivity contribution < 1.29 is 10.2 Å². The molecule has 0 aliphatic heterocycles. The Balaban J connectivity index is 1.66. The van der Waals surface area contributed by atoms with E-state index in [0.29, 0.717) is 22.7 Å². The second-order valence-corrected chi connectivity index (χ2v) is 14.9. The lowest BCUT2D eigenvalue weighted by Gasteiger charge is -2.69. The molecule has 8 unspecified atom stereocenters. The van der Waals surface area contributed by atoms with E-state index in [0.717, 1.165) is 19.3 Å². The van der Waals surface area contributed by atoms with Gasteiger partial charge in [-0.3, -0.25) is 0 Å². The van der Waals surface area contributed by atoms with Crippen molar-refractivity contribution in [3.63, 3.8) is 0 Å². The molecule has 0 bridgehead atoms. The molecule has 0 aromatic heterocycles. The first-order chi connectivity index (χ1) is 14.6. The van der Waals surface area contributed by atoms with Gasteiger partial charge in [0.1, 0.15) is 0 Å². The SMILES string of the molecule is CC1(C)CCC2(C)CCC3(C)C(=CC=C4C5(C)CCC(O)C(C)(C)C5CC(O)C43C)C2C1. The first kappa shape index (κ1) is 23.2. The van der Waals surface area contributed by atoms with E-state index in [2.05, 4.69) is 67.5 Å². The molecule has 5 rings (SSSR count). The lowest BCUT2D eigenvalue weighted by molar-refractivity contribution is -0.166. The zero-order valence-corrected chi connectivity index (χ0v) is 22.0. The molecule has 0 aromatic carbocycles. The second kappa shape index (κ2) is 6.54. The van der Waals surface area contributed by atoms with Crippen LogP contribution in [0.15, 0.2) is 23.3 Å². The average molecular weight is 441 g/mol. The molecule has 2 N–H and O–H groups in total. The molecule has 0 heterocycles. The predicted molar refractivity (Wildman–Crippen MR) is 132 cm³/mol. The zero-order valence-electron chi connectivity index (χ0n) is 22.0. The fourth-order valence-corrected chi connectivity index (χ4v) is 9.76. The Labute approximate surface area is 197 Å². The highest BCUT2D eigenvalue weighted by molar-refractivity contribution is 5.46. The van der Waals surface area contributed by atoms with Crippen molar-refractivity contribution in [2.24, 2.45) is 44.3 Å². The Hall–Kier alpha value is -0.600. The van der Waals surface area contributed by atoms with Crippen LogP contribution in [0.3, 0.4) is 0 Å². The number of allylic oxidation sites excluding steroid dienone is 3. The molecule has 5 aliphatic carbocycles. The third kappa shape index (κ3) is 2.66. The van der Waals surface area contributed by atoms with Crippen LogP contribution >= 0.6 is 0 Å². The highest BCUT2D eigenvalue weighted by Crippen LogP contribution is 2.74. The molecule has 0 radical (unpaired) electrons. The second-order valence-electron chi connectivity index (χ2n) is 14.9. The number of hydrogen-bond donors (Lipinski definition) is 2. The number of aliphatic hydroxyl groups excluding tert-OH is 2. The van der Waals surface area contributed by atoms with Crippen LogP contribution in [0.5, 0.6) is 0 Å². The fourth-order valence-electron chi connectivity index (χ4n) is 9.76. The maximum absolute atomic E-state index is 12.0. The molecule has 0 saturated heterocycles. The minimum absolute atomic E-state index is 0.0162. The van der Waals surface area contributed by atoms with Crippen LogP contribution in [0.25, 0.3) is 0 Å². The topological polar surface area (TPSA) is 40.5 Å². The van der Waals surface area contributed by atoms with Gasteiger partial charge in [-0.15, -0.1) is 0 Å². The molecule has 8 atom stereocenters. The lowest BCUT2D eigenvalue weighted by Crippen LogP contribution is -2.65. The highest BCUT2D eigenvalue weighted by atomic mass is 16.3. The van der Waals surface area contributed by atoms with Gasteiger partial charge in [-0.1, -0.05) is 78.7 Å². The van der Waals surface area contributed by atoms with Gasteiger partial charge in [0.05, 0.1) is 12.2 Å². The quantitative estimate of drug-likeness (QED) is 0.423. The van der Waals surface area contributed by atoms with Crippen LogP contribution < -0.4 is 0 Å². The van der Waals surface area contributed by atoms with Gasteiger partial charge in [-0.25, -0.2) is 0 Å². The molecule has 180 valence electrons. The van der Waals surface area contributed by atoms with Crippen molar-refractivity contribution in [2.75, 3.05) is 0 Å². The van der Waals surface area contributed by atoms with Crippen molar-refractivity contribution >= 4 is 0 Å². The number of hydrogen-bond acceptors (Lipinski definition) is 2. The van der Waals surface area contributed by atoms with Gasteiger partial charge in [0.2, 0.25) is 0 Å². The maximum Gasteiger partial charge on any atom is 0.0642 e. The highest BCUT2D eigenvalue weighted by Gasteiger charge is 2.68. The van der Waals surface area contributed by atoms with E-state index in [1.54, 1.807) is 5.57 Å². The normalized spacial score (nSPS) is 53.7. The summed E-state index contributed by atoms with van der Waals surface area (Å²) in [5.41, 5.74) is 3.62. The largest absolute Gasteiger partial charge is 0.393 e. The van der Waals surface area contributed by atoms with Gasteiger partial charge < -0.3 is 10.2 Å². The van der Waals surface area contributed by atoms with E-state index in [-0.39, 0.29) is 33.9 Å². The summed E-state index contributed by atoms with van der Waals surface area (Å²) in [5.74, 6) is 0.941. The first-order valence-electron chi connectivity index (χ1n) is 13.4. The van der Waals surface area contributed by atoms with Crippen LogP contribution in [-0.4, -0.2) is 22.4 Å². The maximum atomic E-state index is 12.0. The Morgan fingerprint density at radius 2 is 1.44 bits per heavy atom. The molecule has 0 spiro atoms. The molecule has 0 aromatic rings. The first-order valence-corrected chi connectivity index (χ1v) is 13.4. The molecule has 5 aliphatic rings. The summed E-state index contributed by atoms with van der Waals surface area (Å²) in [5, 5.41) is 22.8. The van der Waals surface area contributed by atoms with Crippen molar-refractivity contribution in [3.05, 3.63) is 23.3 Å². The summed E-state index contributed by atoms with van der Waals surface area (Å²) in [7, 11) is 0. The van der Waals surface area contributed by atoms with Gasteiger partial charge in [-0.2, -0.15) is 0 Å². The standard InChI is InChI=1S/C30H48O2/c1-25(2)13-14-27(5)15-16-29(7)19(20(27)18-25)9-10-21-28(6)12-11-23(31)26(3,4)22(28)17-24(32)30(21,29)8/h9-10,20,22-24,31-32H,11-18H2,1-8H3. The van der Waals surface area contributed by atoms with Crippen molar-refractivity contribution in [1.82, 2.24) is 0 Å². The number of rotatable bonds is 0. The molecule has 2 nitrogen and oxygen atoms in total. The molecule has 4 fully saturated rings. The van der Waals surface area contributed by atoms with Crippen LogP contribution in [0, 0.1) is 44.3 Å². The van der Waals surface area contributed by atoms with Crippen molar-refractivity contribution in [2.45, 2.75) is 119 Å². The van der Waals surface area contributed by atoms with Gasteiger partial charge in [0, 0.05) is 10.8 Å². The average Bonchev–Trinajstić information content (AvgIpc) is 2.70. The minimum Gasteiger partial charge on any atom is -0.393 e. The Bertz CT molecular complexity index is 879. The van der Waals surface area contributed by atoms with Crippen LogP contribution in [0.1, 0.15) is 107 Å².